The molecular weight excluding hydrogens is 304 g/mol. The van der Waals surface area contributed by atoms with Crippen molar-refractivity contribution in [3.63, 3.8) is 0 Å². The van der Waals surface area contributed by atoms with E-state index in [1.165, 1.54) is 64.2 Å². The summed E-state index contributed by atoms with van der Waals surface area (Å²) in [5, 5.41) is 17.7. The molecule has 0 saturated carbocycles. The summed E-state index contributed by atoms with van der Waals surface area (Å²) in [5.41, 5.74) is 0. The minimum Gasteiger partial charge on any atom is -0.463 e. The van der Waals surface area contributed by atoms with Crippen molar-refractivity contribution in [1.29, 1.82) is 0 Å². The van der Waals surface area contributed by atoms with Gasteiger partial charge in [0.2, 0.25) is 0 Å². The highest BCUT2D eigenvalue weighted by Crippen LogP contribution is 2.14. The molecule has 0 aromatic rings. The first-order chi connectivity index (χ1) is 11.6. The summed E-state index contributed by atoms with van der Waals surface area (Å²) in [6.07, 6.45) is 14.7. The van der Waals surface area contributed by atoms with Crippen molar-refractivity contribution in [3.8, 4) is 0 Å². The summed E-state index contributed by atoms with van der Waals surface area (Å²) < 4.78 is 4.86. The number of hydrogen-bond donors (Lipinski definition) is 2. The van der Waals surface area contributed by atoms with Crippen molar-refractivity contribution < 1.29 is 19.7 Å². The summed E-state index contributed by atoms with van der Waals surface area (Å²) in [5.74, 6) is 0.568. The SMILES string of the molecule is CC(C)CCCCCCCCCCCCCC(=O)OCC(O)CO. The molecule has 4 heteroatoms. The maximum absolute atomic E-state index is 11.4. The summed E-state index contributed by atoms with van der Waals surface area (Å²) in [6, 6.07) is 0. The Morgan fingerprint density at radius 1 is 0.833 bits per heavy atom. The van der Waals surface area contributed by atoms with E-state index in [-0.39, 0.29) is 19.2 Å². The Morgan fingerprint density at radius 3 is 1.75 bits per heavy atom. The topological polar surface area (TPSA) is 66.8 Å². The first-order valence-corrected chi connectivity index (χ1v) is 10.0. The molecule has 0 rings (SSSR count). The number of aliphatic hydroxyl groups excluding tert-OH is 2. The first kappa shape index (κ1) is 23.4. The molecular formula is C20H40O4. The van der Waals surface area contributed by atoms with Gasteiger partial charge in [0.1, 0.15) is 12.7 Å². The van der Waals surface area contributed by atoms with Crippen LogP contribution in [0.2, 0.25) is 0 Å². The normalized spacial score (nSPS) is 12.5. The number of hydrogen-bond acceptors (Lipinski definition) is 4. The number of aliphatic hydroxyl groups is 2. The zero-order chi connectivity index (χ0) is 18.0. The zero-order valence-electron chi connectivity index (χ0n) is 16.0. The van der Waals surface area contributed by atoms with Gasteiger partial charge in [-0.1, -0.05) is 84.5 Å². The largest absolute Gasteiger partial charge is 0.463 e. The average molecular weight is 345 g/mol. The molecule has 0 aromatic carbocycles. The molecule has 0 heterocycles. The highest BCUT2D eigenvalue weighted by atomic mass is 16.5. The van der Waals surface area contributed by atoms with E-state index >= 15 is 0 Å². The molecule has 1 atom stereocenters. The van der Waals surface area contributed by atoms with Gasteiger partial charge in [0.05, 0.1) is 6.61 Å². The van der Waals surface area contributed by atoms with Crippen LogP contribution in [0, 0.1) is 5.92 Å². The third-order valence-electron chi connectivity index (χ3n) is 4.31. The summed E-state index contributed by atoms with van der Waals surface area (Å²) in [6.45, 7) is 4.12. The van der Waals surface area contributed by atoms with Crippen LogP contribution < -0.4 is 0 Å². The molecule has 0 fully saturated rings. The first-order valence-electron chi connectivity index (χ1n) is 10.0. The van der Waals surface area contributed by atoms with E-state index in [1.54, 1.807) is 0 Å². The predicted octanol–water partition coefficient (Wildman–Crippen LogP) is 4.61. The quantitative estimate of drug-likeness (QED) is 0.299. The van der Waals surface area contributed by atoms with Gasteiger partial charge in [0.25, 0.3) is 0 Å². The van der Waals surface area contributed by atoms with Crippen LogP contribution in [-0.4, -0.2) is 35.5 Å². The van der Waals surface area contributed by atoms with Crippen LogP contribution in [0.5, 0.6) is 0 Å². The Bertz CT molecular complexity index is 279. The van der Waals surface area contributed by atoms with Crippen LogP contribution >= 0.6 is 0 Å². The van der Waals surface area contributed by atoms with E-state index in [4.69, 9.17) is 14.9 Å². The van der Waals surface area contributed by atoms with Gasteiger partial charge in [-0.15, -0.1) is 0 Å². The number of carbonyl (C=O) groups is 1. The lowest BCUT2D eigenvalue weighted by atomic mass is 10.0. The van der Waals surface area contributed by atoms with Crippen molar-refractivity contribution in [3.05, 3.63) is 0 Å². The monoisotopic (exact) mass is 344 g/mol. The van der Waals surface area contributed by atoms with Gasteiger partial charge in [-0.25, -0.2) is 0 Å². The minimum absolute atomic E-state index is 0.104. The van der Waals surface area contributed by atoms with E-state index in [0.717, 1.165) is 18.8 Å². The average Bonchev–Trinajstić information content (AvgIpc) is 2.56. The highest BCUT2D eigenvalue weighted by Gasteiger charge is 2.07. The number of rotatable bonds is 17. The summed E-state index contributed by atoms with van der Waals surface area (Å²) in [7, 11) is 0. The van der Waals surface area contributed by atoms with Crippen molar-refractivity contribution in [2.24, 2.45) is 5.92 Å². The van der Waals surface area contributed by atoms with Crippen LogP contribution in [0.15, 0.2) is 0 Å². The number of unbranched alkanes of at least 4 members (excludes halogenated alkanes) is 10. The van der Waals surface area contributed by atoms with Crippen LogP contribution in [0.3, 0.4) is 0 Å². The fourth-order valence-corrected chi connectivity index (χ4v) is 2.73. The van der Waals surface area contributed by atoms with Crippen molar-refractivity contribution in [1.82, 2.24) is 0 Å². The lowest BCUT2D eigenvalue weighted by molar-refractivity contribution is -0.147. The molecule has 0 amide bonds. The summed E-state index contributed by atoms with van der Waals surface area (Å²) in [4.78, 5) is 11.4. The molecule has 1 unspecified atom stereocenters. The molecule has 0 aromatic heterocycles. The molecule has 0 saturated heterocycles. The Labute approximate surface area is 149 Å². The predicted molar refractivity (Wildman–Crippen MR) is 98.9 cm³/mol. The molecule has 0 radical (unpaired) electrons. The maximum Gasteiger partial charge on any atom is 0.305 e. The van der Waals surface area contributed by atoms with Gasteiger partial charge in [-0.2, -0.15) is 0 Å². The van der Waals surface area contributed by atoms with Gasteiger partial charge >= 0.3 is 5.97 Å². The van der Waals surface area contributed by atoms with E-state index in [0.29, 0.717) is 6.42 Å². The number of ether oxygens (including phenoxy) is 1. The number of esters is 1. The van der Waals surface area contributed by atoms with Gasteiger partial charge in [-0.3, -0.25) is 4.79 Å². The lowest BCUT2D eigenvalue weighted by Crippen LogP contribution is -2.21. The minimum atomic E-state index is -0.954. The summed E-state index contributed by atoms with van der Waals surface area (Å²) >= 11 is 0. The zero-order valence-corrected chi connectivity index (χ0v) is 16.0. The molecule has 24 heavy (non-hydrogen) atoms. The Morgan fingerprint density at radius 2 is 1.29 bits per heavy atom. The second-order valence-corrected chi connectivity index (χ2v) is 7.34. The van der Waals surface area contributed by atoms with Gasteiger partial charge < -0.3 is 14.9 Å². The van der Waals surface area contributed by atoms with Crippen molar-refractivity contribution in [2.45, 2.75) is 103 Å². The molecule has 0 aliphatic heterocycles. The van der Waals surface area contributed by atoms with E-state index in [9.17, 15) is 4.79 Å². The van der Waals surface area contributed by atoms with E-state index in [1.807, 2.05) is 0 Å². The van der Waals surface area contributed by atoms with Crippen molar-refractivity contribution in [2.75, 3.05) is 13.2 Å². The Kier molecular flexibility index (Phi) is 16.8. The van der Waals surface area contributed by atoms with E-state index < -0.39 is 6.10 Å². The lowest BCUT2D eigenvalue weighted by Gasteiger charge is -2.08. The van der Waals surface area contributed by atoms with Crippen LogP contribution in [-0.2, 0) is 9.53 Å². The standard InChI is InChI=1S/C20H40O4/c1-18(2)14-12-10-8-6-4-3-5-7-9-11-13-15-20(23)24-17-19(22)16-21/h18-19,21-22H,3-17H2,1-2H3. The third-order valence-corrected chi connectivity index (χ3v) is 4.31. The molecule has 4 nitrogen and oxygen atoms in total. The Balaban J connectivity index is 3.16. The second-order valence-electron chi connectivity index (χ2n) is 7.34. The molecule has 144 valence electrons. The fourth-order valence-electron chi connectivity index (χ4n) is 2.73. The van der Waals surface area contributed by atoms with Crippen LogP contribution in [0.4, 0.5) is 0 Å². The Hall–Kier alpha value is -0.610. The fraction of sp³-hybridized carbons (Fsp3) is 0.950. The van der Waals surface area contributed by atoms with Gasteiger partial charge in [0, 0.05) is 6.42 Å². The van der Waals surface area contributed by atoms with Crippen LogP contribution in [0.1, 0.15) is 97.3 Å². The second kappa shape index (κ2) is 17.2. The highest BCUT2D eigenvalue weighted by molar-refractivity contribution is 5.69. The maximum atomic E-state index is 11.4. The number of carbonyl (C=O) groups excluding carboxylic acids is 1. The van der Waals surface area contributed by atoms with E-state index in [2.05, 4.69) is 13.8 Å². The van der Waals surface area contributed by atoms with Crippen molar-refractivity contribution >= 4 is 5.97 Å². The molecule has 0 aliphatic carbocycles. The smallest absolute Gasteiger partial charge is 0.305 e. The van der Waals surface area contributed by atoms with Gasteiger partial charge in [-0.05, 0) is 12.3 Å². The molecule has 2 N–H and O–H groups in total. The van der Waals surface area contributed by atoms with Gasteiger partial charge in [0.15, 0.2) is 0 Å². The molecule has 0 bridgehead atoms. The third kappa shape index (κ3) is 17.7. The molecule has 0 spiro atoms. The van der Waals surface area contributed by atoms with Crippen LogP contribution in [0.25, 0.3) is 0 Å². The molecule has 0 aliphatic rings.